The lowest BCUT2D eigenvalue weighted by molar-refractivity contribution is -0.870. The number of quaternary nitrogens is 1. The lowest BCUT2D eigenvalue weighted by atomic mass is 10.0. The number of carbonyl (C=O) groups is 1. The van der Waals surface area contributed by atoms with E-state index in [0.717, 1.165) is 51.4 Å². The number of unbranched alkanes of at least 4 members (excludes halogenated alkanes) is 47. The van der Waals surface area contributed by atoms with Crippen LogP contribution in [0.3, 0.4) is 0 Å². The van der Waals surface area contributed by atoms with E-state index in [1.807, 2.05) is 21.1 Å². The van der Waals surface area contributed by atoms with Gasteiger partial charge in [-0.1, -0.05) is 339 Å². The number of amides is 1. The molecule has 0 saturated carbocycles. The van der Waals surface area contributed by atoms with E-state index < -0.39 is 20.0 Å². The van der Waals surface area contributed by atoms with Crippen molar-refractivity contribution in [3.05, 3.63) is 36.5 Å². The van der Waals surface area contributed by atoms with Crippen LogP contribution < -0.4 is 10.2 Å². The molecule has 0 aliphatic heterocycles. The molecular weight excluding hydrogens is 1010 g/mol. The smallest absolute Gasteiger partial charge is 0.268 e. The van der Waals surface area contributed by atoms with Crippen LogP contribution in [0, 0.1) is 0 Å². The van der Waals surface area contributed by atoms with Gasteiger partial charge in [-0.15, -0.1) is 0 Å². The lowest BCUT2D eigenvalue weighted by Crippen LogP contribution is -2.46. The first kappa shape index (κ1) is 78.7. The van der Waals surface area contributed by atoms with Crippen molar-refractivity contribution in [2.75, 3.05) is 40.9 Å². The van der Waals surface area contributed by atoms with Gasteiger partial charge in [0.1, 0.15) is 13.2 Å². The van der Waals surface area contributed by atoms with Gasteiger partial charge in [0.15, 0.2) is 0 Å². The Labute approximate surface area is 499 Å². The number of likely N-dealkylation sites (N-methyl/N-ethyl adjacent to an activating group) is 1. The molecule has 1 amide bonds. The second-order valence-corrected chi connectivity index (χ2v) is 27.0. The van der Waals surface area contributed by atoms with Crippen LogP contribution in [0.5, 0.6) is 0 Å². The molecule has 3 atom stereocenters. The predicted octanol–water partition coefficient (Wildman–Crippen LogP) is 21.8. The molecular formula is C71H139N2O6P. The highest BCUT2D eigenvalue weighted by Crippen LogP contribution is 2.38. The molecule has 0 aromatic rings. The SMILES string of the molecule is CCCCCCC/C=C\C/C=C\C/C=C\CCCCCCCCCCCCCCC(=O)NC(COP(=O)([O-])OCC[N+](C)(C)C)C(O)CCCCCCCCCCCCCCCCCCCCCCCCCCCCCCCCC. The van der Waals surface area contributed by atoms with Gasteiger partial charge in [0.2, 0.25) is 5.91 Å². The number of aliphatic hydroxyl groups excluding tert-OH is 1. The van der Waals surface area contributed by atoms with Crippen molar-refractivity contribution in [3.8, 4) is 0 Å². The number of rotatable bonds is 66. The van der Waals surface area contributed by atoms with Crippen molar-refractivity contribution in [1.82, 2.24) is 5.32 Å². The molecule has 474 valence electrons. The summed E-state index contributed by atoms with van der Waals surface area (Å²) in [5, 5.41) is 14.1. The Bertz CT molecular complexity index is 1400. The van der Waals surface area contributed by atoms with Crippen LogP contribution >= 0.6 is 7.82 Å². The number of carbonyl (C=O) groups excluding carboxylic acids is 1. The molecule has 0 aliphatic rings. The lowest BCUT2D eigenvalue weighted by Gasteiger charge is -2.30. The second kappa shape index (κ2) is 62.3. The zero-order valence-electron chi connectivity index (χ0n) is 54.3. The van der Waals surface area contributed by atoms with E-state index in [1.165, 1.54) is 283 Å². The normalized spacial score (nSPS) is 13.8. The van der Waals surface area contributed by atoms with Gasteiger partial charge in [0.25, 0.3) is 7.82 Å². The Hall–Kier alpha value is -1.28. The van der Waals surface area contributed by atoms with Crippen molar-refractivity contribution in [1.29, 1.82) is 0 Å². The molecule has 0 aromatic carbocycles. The summed E-state index contributed by atoms with van der Waals surface area (Å²) in [4.78, 5) is 25.7. The largest absolute Gasteiger partial charge is 0.756 e. The molecule has 0 rings (SSSR count). The first-order valence-electron chi connectivity index (χ1n) is 35.3. The number of nitrogens with zero attached hydrogens (tertiary/aromatic N) is 1. The van der Waals surface area contributed by atoms with Gasteiger partial charge >= 0.3 is 0 Å². The van der Waals surface area contributed by atoms with E-state index in [0.29, 0.717) is 23.9 Å². The Morgan fingerprint density at radius 1 is 0.438 bits per heavy atom. The van der Waals surface area contributed by atoms with Crippen LogP contribution in [-0.4, -0.2) is 68.5 Å². The minimum Gasteiger partial charge on any atom is -0.756 e. The molecule has 0 aromatic heterocycles. The van der Waals surface area contributed by atoms with Crippen LogP contribution in [0.4, 0.5) is 0 Å². The van der Waals surface area contributed by atoms with Crippen LogP contribution in [0.1, 0.15) is 361 Å². The molecule has 0 spiro atoms. The molecule has 9 heteroatoms. The summed E-state index contributed by atoms with van der Waals surface area (Å²) in [6, 6.07) is -0.804. The fraction of sp³-hybridized carbons (Fsp3) is 0.901. The van der Waals surface area contributed by atoms with Crippen LogP contribution in [0.25, 0.3) is 0 Å². The standard InChI is InChI=1S/C71H139N2O6P/c1-6-8-10-12-14-16-18-20-22-24-26-28-30-32-34-35-36-37-39-40-42-44-46-48-50-52-54-56-58-60-62-64-70(74)69(68-79-80(76,77)78-67-66-73(3,4)5)72-71(75)65-63-61-59-57-55-53-51-49-47-45-43-41-38-33-31-29-27-25-23-21-19-17-15-13-11-9-7-2/h19,21,25,27,31,33,69-70,74H,6-18,20,22-24,26,28-30,32,34-68H2,1-5H3,(H-,72,75,76,77)/b21-19-,27-25-,33-31-. The molecule has 3 unspecified atom stereocenters. The summed E-state index contributed by atoms with van der Waals surface area (Å²) >= 11 is 0. The topological polar surface area (TPSA) is 108 Å². The van der Waals surface area contributed by atoms with Crippen molar-refractivity contribution in [2.24, 2.45) is 0 Å². The molecule has 8 nitrogen and oxygen atoms in total. The highest BCUT2D eigenvalue weighted by atomic mass is 31.2. The number of aliphatic hydroxyl groups is 1. The summed E-state index contributed by atoms with van der Waals surface area (Å²) in [6.07, 6.45) is 82.2. The Morgan fingerprint density at radius 2 is 0.725 bits per heavy atom. The zero-order valence-corrected chi connectivity index (χ0v) is 55.2. The molecule has 0 bridgehead atoms. The third kappa shape index (κ3) is 64.3. The number of nitrogens with one attached hydrogen (secondary N) is 1. The van der Waals surface area contributed by atoms with E-state index in [2.05, 4.69) is 55.6 Å². The minimum absolute atomic E-state index is 0.0126. The highest BCUT2D eigenvalue weighted by molar-refractivity contribution is 7.45. The number of hydrogen-bond donors (Lipinski definition) is 2. The van der Waals surface area contributed by atoms with Gasteiger partial charge < -0.3 is 28.8 Å². The van der Waals surface area contributed by atoms with Gasteiger partial charge in [-0.3, -0.25) is 9.36 Å². The van der Waals surface area contributed by atoms with Gasteiger partial charge in [0, 0.05) is 6.42 Å². The number of phosphoric ester groups is 1. The summed E-state index contributed by atoms with van der Waals surface area (Å²) in [5.74, 6) is -0.161. The summed E-state index contributed by atoms with van der Waals surface area (Å²) in [5.41, 5.74) is 0. The van der Waals surface area contributed by atoms with Gasteiger partial charge in [-0.25, -0.2) is 0 Å². The molecule has 0 fully saturated rings. The molecule has 0 aliphatic carbocycles. The fourth-order valence-corrected chi connectivity index (χ4v) is 11.6. The van der Waals surface area contributed by atoms with E-state index >= 15 is 0 Å². The van der Waals surface area contributed by atoms with Crippen molar-refractivity contribution >= 4 is 13.7 Å². The Morgan fingerprint density at radius 3 is 1.05 bits per heavy atom. The Balaban J connectivity index is 4.02. The second-order valence-electron chi connectivity index (χ2n) is 25.6. The Kier molecular flexibility index (Phi) is 61.3. The monoisotopic (exact) mass is 1150 g/mol. The number of allylic oxidation sites excluding steroid dienone is 6. The average Bonchev–Trinajstić information content (AvgIpc) is 3.42. The predicted molar refractivity (Wildman–Crippen MR) is 348 cm³/mol. The summed E-state index contributed by atoms with van der Waals surface area (Å²) in [6.45, 7) is 4.76. The van der Waals surface area contributed by atoms with Crippen LogP contribution in [0.2, 0.25) is 0 Å². The molecule has 0 heterocycles. The molecule has 0 saturated heterocycles. The third-order valence-electron chi connectivity index (χ3n) is 16.4. The third-order valence-corrected chi connectivity index (χ3v) is 17.3. The van der Waals surface area contributed by atoms with Crippen molar-refractivity contribution in [3.63, 3.8) is 0 Å². The van der Waals surface area contributed by atoms with E-state index in [9.17, 15) is 19.4 Å². The zero-order chi connectivity index (χ0) is 58.4. The van der Waals surface area contributed by atoms with Gasteiger partial charge in [0.05, 0.1) is 39.9 Å². The van der Waals surface area contributed by atoms with E-state index in [1.54, 1.807) is 0 Å². The van der Waals surface area contributed by atoms with Gasteiger partial charge in [-0.2, -0.15) is 0 Å². The first-order valence-corrected chi connectivity index (χ1v) is 36.8. The number of phosphoric acid groups is 1. The average molecular weight is 1150 g/mol. The molecule has 0 radical (unpaired) electrons. The quantitative estimate of drug-likeness (QED) is 0.0272. The highest BCUT2D eigenvalue weighted by Gasteiger charge is 2.24. The van der Waals surface area contributed by atoms with Crippen molar-refractivity contribution in [2.45, 2.75) is 373 Å². The van der Waals surface area contributed by atoms with E-state index in [4.69, 9.17) is 9.05 Å². The number of hydrogen-bond acceptors (Lipinski definition) is 6. The maximum absolute atomic E-state index is 13.1. The van der Waals surface area contributed by atoms with E-state index in [-0.39, 0.29) is 19.1 Å². The van der Waals surface area contributed by atoms with Crippen LogP contribution in [-0.2, 0) is 18.4 Å². The minimum atomic E-state index is -4.58. The van der Waals surface area contributed by atoms with Crippen molar-refractivity contribution < 1.29 is 32.9 Å². The molecule has 2 N–H and O–H groups in total. The summed E-state index contributed by atoms with van der Waals surface area (Å²) in [7, 11) is 1.32. The first-order chi connectivity index (χ1) is 39.0. The molecule has 80 heavy (non-hydrogen) atoms. The van der Waals surface area contributed by atoms with Crippen LogP contribution in [0.15, 0.2) is 36.5 Å². The maximum atomic E-state index is 13.1. The van der Waals surface area contributed by atoms with Gasteiger partial charge in [-0.05, 0) is 51.4 Å². The summed E-state index contributed by atoms with van der Waals surface area (Å²) < 4.78 is 23.5. The maximum Gasteiger partial charge on any atom is 0.268 e. The fourth-order valence-electron chi connectivity index (χ4n) is 10.9.